The van der Waals surface area contributed by atoms with Crippen LogP contribution in [0.1, 0.15) is 29.7 Å². The van der Waals surface area contributed by atoms with E-state index >= 15 is 0 Å². The van der Waals surface area contributed by atoms with Crippen LogP contribution in [-0.2, 0) is 6.42 Å². The van der Waals surface area contributed by atoms with Crippen molar-refractivity contribution in [3.8, 4) is 0 Å². The van der Waals surface area contributed by atoms with Gasteiger partial charge in [-0.15, -0.1) is 0 Å². The molecule has 1 atom stereocenters. The van der Waals surface area contributed by atoms with Gasteiger partial charge in [0.25, 0.3) is 0 Å². The molecular weight excluding hydrogens is 270 g/mol. The van der Waals surface area contributed by atoms with Crippen LogP contribution in [0.4, 0.5) is 0 Å². The van der Waals surface area contributed by atoms with E-state index in [9.17, 15) is 0 Å². The Hall–Kier alpha value is -2.29. The standard InChI is InChI=1S/C19H25N3/c1-15-8-7-9-17(14-15)12-13-21-19(20-3)22-16(2)18-10-5-4-6-11-18/h4-11,14,16H,12-13H2,1-3H3,(H2,20,21,22). The number of benzene rings is 2. The predicted molar refractivity (Wildman–Crippen MR) is 94.2 cm³/mol. The number of aliphatic imine (C=N–C) groups is 1. The van der Waals surface area contributed by atoms with Gasteiger partial charge in [-0.05, 0) is 31.4 Å². The molecular formula is C19H25N3. The lowest BCUT2D eigenvalue weighted by molar-refractivity contribution is 0.684. The Bertz CT molecular complexity index is 605. The van der Waals surface area contributed by atoms with Gasteiger partial charge in [0, 0.05) is 13.6 Å². The molecule has 2 N–H and O–H groups in total. The fourth-order valence-electron chi connectivity index (χ4n) is 2.42. The van der Waals surface area contributed by atoms with Crippen LogP contribution in [0.15, 0.2) is 59.6 Å². The summed E-state index contributed by atoms with van der Waals surface area (Å²) in [4.78, 5) is 4.30. The number of aryl methyl sites for hydroxylation is 1. The molecule has 0 aliphatic rings. The highest BCUT2D eigenvalue weighted by Crippen LogP contribution is 2.10. The Labute approximate surface area is 133 Å². The minimum atomic E-state index is 0.228. The van der Waals surface area contributed by atoms with E-state index in [0.717, 1.165) is 18.9 Å². The zero-order valence-corrected chi connectivity index (χ0v) is 13.6. The van der Waals surface area contributed by atoms with Crippen molar-refractivity contribution < 1.29 is 0 Å². The van der Waals surface area contributed by atoms with E-state index in [1.54, 1.807) is 7.05 Å². The average Bonchev–Trinajstić information content (AvgIpc) is 2.54. The minimum absolute atomic E-state index is 0.228. The first-order valence-electron chi connectivity index (χ1n) is 7.76. The van der Waals surface area contributed by atoms with Crippen molar-refractivity contribution in [1.29, 1.82) is 0 Å². The molecule has 0 radical (unpaired) electrons. The first kappa shape index (κ1) is 16.1. The monoisotopic (exact) mass is 295 g/mol. The van der Waals surface area contributed by atoms with E-state index in [1.807, 2.05) is 6.07 Å². The third-order valence-corrected chi connectivity index (χ3v) is 3.67. The maximum absolute atomic E-state index is 4.30. The van der Waals surface area contributed by atoms with Crippen molar-refractivity contribution in [3.63, 3.8) is 0 Å². The molecule has 3 nitrogen and oxygen atoms in total. The molecule has 0 amide bonds. The molecule has 0 spiro atoms. The lowest BCUT2D eigenvalue weighted by Gasteiger charge is -2.18. The van der Waals surface area contributed by atoms with Crippen molar-refractivity contribution in [3.05, 3.63) is 71.3 Å². The van der Waals surface area contributed by atoms with Crippen LogP contribution in [0.2, 0.25) is 0 Å². The van der Waals surface area contributed by atoms with Crippen LogP contribution >= 0.6 is 0 Å². The first-order valence-corrected chi connectivity index (χ1v) is 7.76. The second-order valence-electron chi connectivity index (χ2n) is 5.51. The Balaban J connectivity index is 1.83. The first-order chi connectivity index (χ1) is 10.7. The third kappa shape index (κ3) is 4.92. The summed E-state index contributed by atoms with van der Waals surface area (Å²) in [6.45, 7) is 5.13. The fourth-order valence-corrected chi connectivity index (χ4v) is 2.42. The topological polar surface area (TPSA) is 36.4 Å². The largest absolute Gasteiger partial charge is 0.356 e. The van der Waals surface area contributed by atoms with Crippen LogP contribution in [0.3, 0.4) is 0 Å². The predicted octanol–water partition coefficient (Wildman–Crippen LogP) is 3.46. The van der Waals surface area contributed by atoms with Gasteiger partial charge in [0.2, 0.25) is 0 Å². The lowest BCUT2D eigenvalue weighted by atomic mass is 10.1. The molecule has 0 aliphatic carbocycles. The molecule has 2 rings (SSSR count). The van der Waals surface area contributed by atoms with Crippen molar-refractivity contribution >= 4 is 5.96 Å². The molecule has 0 saturated heterocycles. The summed E-state index contributed by atoms with van der Waals surface area (Å²) in [7, 11) is 1.81. The van der Waals surface area contributed by atoms with E-state index in [2.05, 4.69) is 78.0 Å². The molecule has 0 heterocycles. The van der Waals surface area contributed by atoms with Crippen molar-refractivity contribution in [1.82, 2.24) is 10.6 Å². The van der Waals surface area contributed by atoms with Crippen LogP contribution in [0.5, 0.6) is 0 Å². The summed E-state index contributed by atoms with van der Waals surface area (Å²) in [5.41, 5.74) is 3.90. The van der Waals surface area contributed by atoms with Crippen molar-refractivity contribution in [2.75, 3.05) is 13.6 Å². The minimum Gasteiger partial charge on any atom is -0.356 e. The molecule has 0 bridgehead atoms. The van der Waals surface area contributed by atoms with E-state index in [0.29, 0.717) is 0 Å². The Kier molecular flexibility index (Phi) is 6.01. The van der Waals surface area contributed by atoms with Gasteiger partial charge < -0.3 is 10.6 Å². The Morgan fingerprint density at radius 1 is 1.09 bits per heavy atom. The number of hydrogen-bond donors (Lipinski definition) is 2. The van der Waals surface area contributed by atoms with Gasteiger partial charge in [-0.25, -0.2) is 0 Å². The molecule has 0 aromatic heterocycles. The summed E-state index contributed by atoms with van der Waals surface area (Å²) in [6, 6.07) is 19.2. The molecule has 2 aromatic rings. The number of guanidine groups is 1. The van der Waals surface area contributed by atoms with Gasteiger partial charge in [-0.3, -0.25) is 4.99 Å². The summed E-state index contributed by atoms with van der Waals surface area (Å²) in [6.07, 6.45) is 0.988. The smallest absolute Gasteiger partial charge is 0.191 e. The van der Waals surface area contributed by atoms with Crippen LogP contribution in [0.25, 0.3) is 0 Å². The molecule has 0 fully saturated rings. The molecule has 3 heteroatoms. The van der Waals surface area contributed by atoms with Gasteiger partial charge in [0.1, 0.15) is 0 Å². The molecule has 2 aromatic carbocycles. The zero-order valence-electron chi connectivity index (χ0n) is 13.6. The number of rotatable bonds is 5. The number of nitrogens with zero attached hydrogens (tertiary/aromatic N) is 1. The normalized spacial score (nSPS) is 12.8. The second-order valence-corrected chi connectivity index (χ2v) is 5.51. The van der Waals surface area contributed by atoms with E-state index < -0.39 is 0 Å². The molecule has 116 valence electrons. The molecule has 0 aliphatic heterocycles. The lowest BCUT2D eigenvalue weighted by Crippen LogP contribution is -2.39. The van der Waals surface area contributed by atoms with Gasteiger partial charge in [0.15, 0.2) is 5.96 Å². The maximum atomic E-state index is 4.30. The van der Waals surface area contributed by atoms with Crippen LogP contribution in [0, 0.1) is 6.92 Å². The second kappa shape index (κ2) is 8.23. The van der Waals surface area contributed by atoms with Gasteiger partial charge >= 0.3 is 0 Å². The van der Waals surface area contributed by atoms with Gasteiger partial charge in [-0.1, -0.05) is 60.2 Å². The summed E-state index contributed by atoms with van der Waals surface area (Å²) < 4.78 is 0. The van der Waals surface area contributed by atoms with Crippen molar-refractivity contribution in [2.24, 2.45) is 4.99 Å². The number of hydrogen-bond acceptors (Lipinski definition) is 1. The van der Waals surface area contributed by atoms with Crippen LogP contribution < -0.4 is 10.6 Å². The van der Waals surface area contributed by atoms with Crippen molar-refractivity contribution in [2.45, 2.75) is 26.3 Å². The summed E-state index contributed by atoms with van der Waals surface area (Å²) in [5, 5.41) is 6.80. The van der Waals surface area contributed by atoms with Gasteiger partial charge in [-0.2, -0.15) is 0 Å². The van der Waals surface area contributed by atoms with E-state index in [1.165, 1.54) is 16.7 Å². The highest BCUT2D eigenvalue weighted by molar-refractivity contribution is 5.80. The van der Waals surface area contributed by atoms with Gasteiger partial charge in [0.05, 0.1) is 6.04 Å². The maximum Gasteiger partial charge on any atom is 0.191 e. The van der Waals surface area contributed by atoms with E-state index in [-0.39, 0.29) is 6.04 Å². The average molecular weight is 295 g/mol. The quantitative estimate of drug-likeness (QED) is 0.654. The Morgan fingerprint density at radius 2 is 1.86 bits per heavy atom. The molecule has 0 saturated carbocycles. The highest BCUT2D eigenvalue weighted by atomic mass is 15.2. The Morgan fingerprint density at radius 3 is 2.55 bits per heavy atom. The van der Waals surface area contributed by atoms with E-state index in [4.69, 9.17) is 0 Å². The summed E-state index contributed by atoms with van der Waals surface area (Å²) >= 11 is 0. The zero-order chi connectivity index (χ0) is 15.8. The fraction of sp³-hybridized carbons (Fsp3) is 0.316. The SMILES string of the molecule is CN=C(NCCc1cccc(C)c1)NC(C)c1ccccc1. The third-order valence-electron chi connectivity index (χ3n) is 3.67. The molecule has 22 heavy (non-hydrogen) atoms. The van der Waals surface area contributed by atoms with Crippen LogP contribution in [-0.4, -0.2) is 19.6 Å². The summed E-state index contributed by atoms with van der Waals surface area (Å²) in [5.74, 6) is 0.837. The highest BCUT2D eigenvalue weighted by Gasteiger charge is 2.06. The molecule has 1 unspecified atom stereocenters. The number of nitrogens with one attached hydrogen (secondary N) is 2.